The van der Waals surface area contributed by atoms with Crippen LogP contribution in [-0.2, 0) is 9.53 Å². The number of carbonyl (C=O) groups excluding carboxylic acids is 1. The zero-order valence-corrected chi connectivity index (χ0v) is 16.4. The van der Waals surface area contributed by atoms with Crippen LogP contribution in [0.4, 0.5) is 5.69 Å². The summed E-state index contributed by atoms with van der Waals surface area (Å²) in [4.78, 5) is 17.3. The van der Waals surface area contributed by atoms with Crippen molar-refractivity contribution < 1.29 is 14.3 Å². The highest BCUT2D eigenvalue weighted by atomic mass is 16.5. The van der Waals surface area contributed by atoms with Gasteiger partial charge in [-0.25, -0.2) is 9.78 Å². The van der Waals surface area contributed by atoms with Crippen LogP contribution in [0.25, 0.3) is 0 Å². The first kappa shape index (κ1) is 19.4. The fourth-order valence-electron chi connectivity index (χ4n) is 3.43. The van der Waals surface area contributed by atoms with Gasteiger partial charge in [0.05, 0.1) is 41.4 Å². The Labute approximate surface area is 164 Å². The molecule has 3 rings (SSSR count). The minimum Gasteiger partial charge on any atom is -0.475 e. The fraction of sp³-hybridized carbons (Fsp3) is 0.318. The van der Waals surface area contributed by atoms with Crippen molar-refractivity contribution in [3.8, 4) is 11.9 Å². The van der Waals surface area contributed by atoms with Gasteiger partial charge in [-0.15, -0.1) is 0 Å². The minimum atomic E-state index is -0.520. The monoisotopic (exact) mass is 377 g/mol. The zero-order chi connectivity index (χ0) is 20.3. The molecule has 1 atom stereocenters. The Balaban J connectivity index is 2.30. The number of rotatable bonds is 5. The number of carbonyl (C=O) groups is 1. The van der Waals surface area contributed by atoms with Gasteiger partial charge >= 0.3 is 5.97 Å². The summed E-state index contributed by atoms with van der Waals surface area (Å²) in [5.41, 5.74) is 3.89. The van der Waals surface area contributed by atoms with E-state index in [0.29, 0.717) is 22.7 Å². The van der Waals surface area contributed by atoms with Crippen LogP contribution >= 0.6 is 0 Å². The molecule has 6 nitrogen and oxygen atoms in total. The van der Waals surface area contributed by atoms with Crippen LogP contribution in [0.15, 0.2) is 47.8 Å². The van der Waals surface area contributed by atoms with Gasteiger partial charge in [0.2, 0.25) is 5.88 Å². The van der Waals surface area contributed by atoms with E-state index in [1.807, 2.05) is 39.0 Å². The molecule has 1 aliphatic heterocycles. The standard InChI is InChI=1S/C22H23N3O3/c1-5-27-22(26)18-14(4)25-17-10-11-24-21(28-13(2)3)20(17)19(18)16-9-7-6-8-15(16)12-23/h6-11,13,19,25H,5H2,1-4H3/t19-/m1/s1. The number of pyridine rings is 1. The molecule has 0 radical (unpaired) electrons. The van der Waals surface area contributed by atoms with Crippen LogP contribution < -0.4 is 10.1 Å². The summed E-state index contributed by atoms with van der Waals surface area (Å²) in [5, 5.41) is 12.9. The summed E-state index contributed by atoms with van der Waals surface area (Å²) >= 11 is 0. The van der Waals surface area contributed by atoms with Crippen molar-refractivity contribution in [2.75, 3.05) is 11.9 Å². The molecule has 0 saturated carbocycles. The Bertz CT molecular complexity index is 973. The highest BCUT2D eigenvalue weighted by molar-refractivity contribution is 5.95. The Kier molecular flexibility index (Phi) is 5.65. The van der Waals surface area contributed by atoms with Crippen LogP contribution in [0, 0.1) is 11.3 Å². The van der Waals surface area contributed by atoms with Crippen molar-refractivity contribution in [3.63, 3.8) is 0 Å². The first-order valence-electron chi connectivity index (χ1n) is 9.27. The number of benzene rings is 1. The third-order valence-corrected chi connectivity index (χ3v) is 4.49. The summed E-state index contributed by atoms with van der Waals surface area (Å²) in [6.45, 7) is 7.70. The van der Waals surface area contributed by atoms with E-state index in [-0.39, 0.29) is 12.7 Å². The van der Waals surface area contributed by atoms with Gasteiger partial charge in [0, 0.05) is 17.6 Å². The number of hydrogen-bond donors (Lipinski definition) is 1. The highest BCUT2D eigenvalue weighted by Crippen LogP contribution is 2.46. The Hall–Kier alpha value is -3.33. The van der Waals surface area contributed by atoms with Crippen molar-refractivity contribution in [2.24, 2.45) is 0 Å². The van der Waals surface area contributed by atoms with Crippen molar-refractivity contribution in [1.29, 1.82) is 5.26 Å². The Morgan fingerprint density at radius 1 is 1.32 bits per heavy atom. The first-order valence-corrected chi connectivity index (χ1v) is 9.27. The topological polar surface area (TPSA) is 84.2 Å². The molecule has 1 aromatic heterocycles. The average Bonchev–Trinajstić information content (AvgIpc) is 2.66. The molecule has 0 amide bonds. The van der Waals surface area contributed by atoms with E-state index >= 15 is 0 Å². The molecule has 1 N–H and O–H groups in total. The SMILES string of the molecule is CCOC(=O)C1=C(C)Nc2ccnc(OC(C)C)c2[C@@H]1c1ccccc1C#N. The molecule has 0 aliphatic carbocycles. The molecule has 1 aromatic carbocycles. The number of nitrogens with one attached hydrogen (secondary N) is 1. The van der Waals surface area contributed by atoms with Gasteiger partial charge in [-0.1, -0.05) is 18.2 Å². The average molecular weight is 377 g/mol. The first-order chi connectivity index (χ1) is 13.5. The number of fused-ring (bicyclic) bond motifs is 1. The molecule has 144 valence electrons. The maximum absolute atomic E-state index is 12.9. The lowest BCUT2D eigenvalue weighted by atomic mass is 9.79. The van der Waals surface area contributed by atoms with E-state index in [9.17, 15) is 10.1 Å². The van der Waals surface area contributed by atoms with Gasteiger partial charge in [-0.2, -0.15) is 5.26 Å². The van der Waals surface area contributed by atoms with E-state index in [0.717, 1.165) is 16.8 Å². The molecule has 0 fully saturated rings. The number of allylic oxidation sites excluding steroid dienone is 1. The van der Waals surface area contributed by atoms with Crippen LogP contribution in [0.5, 0.6) is 5.88 Å². The maximum Gasteiger partial charge on any atom is 0.336 e. The van der Waals surface area contributed by atoms with Crippen LogP contribution in [-0.4, -0.2) is 23.7 Å². The van der Waals surface area contributed by atoms with E-state index in [2.05, 4.69) is 16.4 Å². The quantitative estimate of drug-likeness (QED) is 0.789. The molecule has 28 heavy (non-hydrogen) atoms. The molecule has 6 heteroatoms. The van der Waals surface area contributed by atoms with Crippen molar-refractivity contribution in [2.45, 2.75) is 39.7 Å². The largest absolute Gasteiger partial charge is 0.475 e. The van der Waals surface area contributed by atoms with Gasteiger partial charge < -0.3 is 14.8 Å². The smallest absolute Gasteiger partial charge is 0.336 e. The summed E-state index contributed by atoms with van der Waals surface area (Å²) in [7, 11) is 0. The van der Waals surface area contributed by atoms with E-state index in [1.165, 1.54) is 0 Å². The molecule has 0 spiro atoms. The number of aromatic nitrogens is 1. The van der Waals surface area contributed by atoms with E-state index in [1.54, 1.807) is 25.3 Å². The number of hydrogen-bond acceptors (Lipinski definition) is 6. The van der Waals surface area contributed by atoms with Crippen molar-refractivity contribution in [3.05, 3.63) is 64.5 Å². The van der Waals surface area contributed by atoms with Gasteiger partial charge in [0.15, 0.2) is 0 Å². The van der Waals surface area contributed by atoms with Gasteiger partial charge in [0.25, 0.3) is 0 Å². The number of nitriles is 1. The lowest BCUT2D eigenvalue weighted by molar-refractivity contribution is -0.138. The number of ether oxygens (including phenoxy) is 2. The molecule has 1 aliphatic rings. The molecule has 2 aromatic rings. The molecule has 0 saturated heterocycles. The highest BCUT2D eigenvalue weighted by Gasteiger charge is 2.37. The van der Waals surface area contributed by atoms with Crippen LogP contribution in [0.3, 0.4) is 0 Å². The third kappa shape index (κ3) is 3.56. The van der Waals surface area contributed by atoms with Gasteiger partial charge in [-0.05, 0) is 45.4 Å². The third-order valence-electron chi connectivity index (χ3n) is 4.49. The van der Waals surface area contributed by atoms with Crippen LogP contribution in [0.2, 0.25) is 0 Å². The second-order valence-corrected chi connectivity index (χ2v) is 6.76. The van der Waals surface area contributed by atoms with E-state index < -0.39 is 11.9 Å². The second-order valence-electron chi connectivity index (χ2n) is 6.76. The predicted molar refractivity (Wildman–Crippen MR) is 106 cm³/mol. The molecular weight excluding hydrogens is 354 g/mol. The summed E-state index contributed by atoms with van der Waals surface area (Å²) in [6.07, 6.45) is 1.57. The second kappa shape index (κ2) is 8.13. The lowest BCUT2D eigenvalue weighted by Crippen LogP contribution is -2.26. The number of nitrogens with zero attached hydrogens (tertiary/aromatic N) is 2. The fourth-order valence-corrected chi connectivity index (χ4v) is 3.43. The van der Waals surface area contributed by atoms with Crippen molar-refractivity contribution in [1.82, 2.24) is 4.98 Å². The zero-order valence-electron chi connectivity index (χ0n) is 16.4. The molecule has 0 bridgehead atoms. The van der Waals surface area contributed by atoms with Crippen LogP contribution in [0.1, 0.15) is 50.3 Å². The molecule has 2 heterocycles. The van der Waals surface area contributed by atoms with Crippen molar-refractivity contribution >= 4 is 11.7 Å². The summed E-state index contributed by atoms with van der Waals surface area (Å²) in [5.74, 6) is -0.504. The van der Waals surface area contributed by atoms with E-state index in [4.69, 9.17) is 9.47 Å². The summed E-state index contributed by atoms with van der Waals surface area (Å²) < 4.78 is 11.3. The predicted octanol–water partition coefficient (Wildman–Crippen LogP) is 4.13. The number of anilines is 1. The molecular formula is C22H23N3O3. The maximum atomic E-state index is 12.9. The number of esters is 1. The van der Waals surface area contributed by atoms with Gasteiger partial charge in [0.1, 0.15) is 0 Å². The Morgan fingerprint density at radius 2 is 2.07 bits per heavy atom. The Morgan fingerprint density at radius 3 is 2.75 bits per heavy atom. The lowest BCUT2D eigenvalue weighted by Gasteiger charge is -2.31. The molecule has 0 unspecified atom stereocenters. The summed E-state index contributed by atoms with van der Waals surface area (Å²) in [6, 6.07) is 11.3. The normalized spacial score (nSPS) is 15.5. The minimum absolute atomic E-state index is 0.0936. The van der Waals surface area contributed by atoms with Gasteiger partial charge in [-0.3, -0.25) is 0 Å².